The monoisotopic (exact) mass is 335 g/mol. The van der Waals surface area contributed by atoms with E-state index in [1.807, 2.05) is 29.9 Å². The maximum absolute atomic E-state index is 11.9. The van der Waals surface area contributed by atoms with Crippen molar-refractivity contribution in [3.8, 4) is 11.4 Å². The van der Waals surface area contributed by atoms with Crippen molar-refractivity contribution in [2.75, 3.05) is 0 Å². The molecular weight excluding hydrogens is 325 g/mol. The van der Waals surface area contributed by atoms with Gasteiger partial charge in [-0.25, -0.2) is 0 Å². The Bertz CT molecular complexity index is 906. The SMILES string of the molecule is Cn1cccc1-c1[nH][nH]c(=O)c1N=Nc1cc(Cl)ccc1Cl. The second-order valence-electron chi connectivity index (χ2n) is 4.60. The van der Waals surface area contributed by atoms with Gasteiger partial charge in [0.2, 0.25) is 0 Å². The fourth-order valence-electron chi connectivity index (χ4n) is 2.02. The minimum absolute atomic E-state index is 0.179. The van der Waals surface area contributed by atoms with Crippen LogP contribution in [0.5, 0.6) is 0 Å². The average molecular weight is 336 g/mol. The van der Waals surface area contributed by atoms with Gasteiger partial charge in [0.05, 0.1) is 10.7 Å². The van der Waals surface area contributed by atoms with Gasteiger partial charge < -0.3 is 4.57 Å². The van der Waals surface area contributed by atoms with E-state index in [0.717, 1.165) is 5.69 Å². The third-order valence-corrected chi connectivity index (χ3v) is 3.67. The van der Waals surface area contributed by atoms with E-state index in [0.29, 0.717) is 21.4 Å². The topological polar surface area (TPSA) is 78.3 Å². The van der Waals surface area contributed by atoms with Crippen LogP contribution in [0.3, 0.4) is 0 Å². The zero-order chi connectivity index (χ0) is 15.7. The Labute approximate surface area is 135 Å². The largest absolute Gasteiger partial charge is 0.349 e. The van der Waals surface area contributed by atoms with Gasteiger partial charge in [0.15, 0.2) is 5.69 Å². The molecule has 112 valence electrons. The van der Waals surface area contributed by atoms with Gasteiger partial charge in [0, 0.05) is 18.3 Å². The minimum atomic E-state index is -0.363. The zero-order valence-corrected chi connectivity index (χ0v) is 13.0. The lowest BCUT2D eigenvalue weighted by atomic mass is 10.3. The quantitative estimate of drug-likeness (QED) is 0.682. The first kappa shape index (κ1) is 14.6. The van der Waals surface area contributed by atoms with Gasteiger partial charge in [0.1, 0.15) is 11.4 Å². The molecule has 1 aromatic carbocycles. The number of nitrogens with one attached hydrogen (secondary N) is 2. The lowest BCUT2D eigenvalue weighted by Crippen LogP contribution is -1.96. The minimum Gasteiger partial charge on any atom is -0.349 e. The summed E-state index contributed by atoms with van der Waals surface area (Å²) in [6.45, 7) is 0. The molecule has 0 aliphatic carbocycles. The van der Waals surface area contributed by atoms with E-state index in [4.69, 9.17) is 23.2 Å². The number of H-pyrrole nitrogens is 2. The van der Waals surface area contributed by atoms with Gasteiger partial charge in [-0.05, 0) is 30.3 Å². The summed E-state index contributed by atoms with van der Waals surface area (Å²) in [6.07, 6.45) is 1.87. The third-order valence-electron chi connectivity index (χ3n) is 3.12. The van der Waals surface area contributed by atoms with Crippen LogP contribution in [0.1, 0.15) is 0 Å². The normalized spacial score (nSPS) is 11.4. The van der Waals surface area contributed by atoms with Crippen molar-refractivity contribution in [3.63, 3.8) is 0 Å². The molecule has 8 heteroatoms. The van der Waals surface area contributed by atoms with Crippen LogP contribution in [-0.4, -0.2) is 14.8 Å². The number of rotatable bonds is 3. The molecule has 0 amide bonds. The first-order chi connectivity index (χ1) is 10.6. The van der Waals surface area contributed by atoms with Gasteiger partial charge in [0.25, 0.3) is 5.56 Å². The van der Waals surface area contributed by atoms with Crippen molar-refractivity contribution < 1.29 is 0 Å². The molecule has 0 aliphatic heterocycles. The molecule has 2 aromatic heterocycles. The summed E-state index contributed by atoms with van der Waals surface area (Å²) in [5, 5.41) is 14.3. The predicted molar refractivity (Wildman–Crippen MR) is 86.5 cm³/mol. The molecule has 3 aromatic rings. The number of aromatic amines is 2. The Kier molecular flexibility index (Phi) is 3.87. The highest BCUT2D eigenvalue weighted by Gasteiger charge is 2.14. The first-order valence-corrected chi connectivity index (χ1v) is 7.11. The van der Waals surface area contributed by atoms with Crippen LogP contribution in [0, 0.1) is 0 Å². The summed E-state index contributed by atoms with van der Waals surface area (Å²) in [6, 6.07) is 8.59. The van der Waals surface area contributed by atoms with E-state index >= 15 is 0 Å². The lowest BCUT2D eigenvalue weighted by molar-refractivity contribution is 0.925. The van der Waals surface area contributed by atoms with Crippen molar-refractivity contribution in [3.05, 3.63) is 56.9 Å². The molecule has 0 unspecified atom stereocenters. The van der Waals surface area contributed by atoms with E-state index in [2.05, 4.69) is 20.4 Å². The van der Waals surface area contributed by atoms with Gasteiger partial charge in [-0.1, -0.05) is 23.2 Å². The Hall–Kier alpha value is -2.31. The molecule has 0 spiro atoms. The fraction of sp³-hybridized carbons (Fsp3) is 0.0714. The summed E-state index contributed by atoms with van der Waals surface area (Å²) in [5.41, 5.74) is 1.58. The zero-order valence-electron chi connectivity index (χ0n) is 11.5. The summed E-state index contributed by atoms with van der Waals surface area (Å²) in [4.78, 5) is 11.9. The first-order valence-electron chi connectivity index (χ1n) is 6.35. The molecule has 0 radical (unpaired) electrons. The maximum Gasteiger partial charge on any atom is 0.292 e. The third kappa shape index (κ3) is 2.70. The molecule has 0 saturated carbocycles. The van der Waals surface area contributed by atoms with Gasteiger partial charge in [-0.2, -0.15) is 0 Å². The van der Waals surface area contributed by atoms with Crippen LogP contribution < -0.4 is 5.56 Å². The Morgan fingerprint density at radius 1 is 1.14 bits per heavy atom. The van der Waals surface area contributed by atoms with Gasteiger partial charge >= 0.3 is 0 Å². The van der Waals surface area contributed by atoms with Crippen LogP contribution in [0.2, 0.25) is 10.0 Å². The fourth-order valence-corrected chi connectivity index (χ4v) is 2.34. The van der Waals surface area contributed by atoms with Crippen LogP contribution >= 0.6 is 23.2 Å². The summed E-state index contributed by atoms with van der Waals surface area (Å²) < 4.78 is 1.87. The van der Waals surface area contributed by atoms with E-state index in [-0.39, 0.29) is 11.2 Å². The molecule has 0 fully saturated rings. The maximum atomic E-state index is 11.9. The molecule has 3 rings (SSSR count). The highest BCUT2D eigenvalue weighted by atomic mass is 35.5. The van der Waals surface area contributed by atoms with Crippen LogP contribution in [0.25, 0.3) is 11.4 Å². The van der Waals surface area contributed by atoms with Crippen LogP contribution in [0.15, 0.2) is 51.6 Å². The molecule has 6 nitrogen and oxygen atoms in total. The average Bonchev–Trinajstić information content (AvgIpc) is 3.06. The number of benzene rings is 1. The number of azo groups is 1. The standard InChI is InChI=1S/C14H11Cl2N5O/c1-21-6-2-3-11(21)12-13(14(22)20-18-12)19-17-10-7-8(15)4-5-9(10)16/h2-7H,1H3,(H2,18,20,22). The number of hydrogen-bond donors (Lipinski definition) is 2. The summed E-state index contributed by atoms with van der Waals surface area (Å²) in [5.74, 6) is 0. The molecule has 0 bridgehead atoms. The smallest absolute Gasteiger partial charge is 0.292 e. The van der Waals surface area contributed by atoms with Crippen LogP contribution in [0.4, 0.5) is 11.4 Å². The number of halogens is 2. The van der Waals surface area contributed by atoms with Crippen molar-refractivity contribution in [2.45, 2.75) is 0 Å². The highest BCUT2D eigenvalue weighted by molar-refractivity contribution is 6.35. The summed E-state index contributed by atoms with van der Waals surface area (Å²) in [7, 11) is 1.87. The Balaban J connectivity index is 2.05. The van der Waals surface area contributed by atoms with Crippen molar-refractivity contribution in [1.29, 1.82) is 0 Å². The Morgan fingerprint density at radius 2 is 1.95 bits per heavy atom. The number of aryl methyl sites for hydroxylation is 1. The van der Waals surface area contributed by atoms with Crippen molar-refractivity contribution in [2.24, 2.45) is 17.3 Å². The highest BCUT2D eigenvalue weighted by Crippen LogP contribution is 2.31. The van der Waals surface area contributed by atoms with Gasteiger partial charge in [-0.3, -0.25) is 15.0 Å². The van der Waals surface area contributed by atoms with Crippen LogP contribution in [-0.2, 0) is 7.05 Å². The second-order valence-corrected chi connectivity index (χ2v) is 5.45. The van der Waals surface area contributed by atoms with Crippen molar-refractivity contribution >= 4 is 34.6 Å². The molecule has 0 aliphatic rings. The lowest BCUT2D eigenvalue weighted by Gasteiger charge is -2.01. The van der Waals surface area contributed by atoms with E-state index in [1.165, 1.54) is 0 Å². The molecule has 22 heavy (non-hydrogen) atoms. The number of nitrogens with zero attached hydrogens (tertiary/aromatic N) is 3. The van der Waals surface area contributed by atoms with Crippen molar-refractivity contribution in [1.82, 2.24) is 14.8 Å². The second kappa shape index (κ2) is 5.82. The molecular formula is C14H11Cl2N5O. The van der Waals surface area contributed by atoms with E-state index in [1.54, 1.807) is 18.2 Å². The Morgan fingerprint density at radius 3 is 2.68 bits per heavy atom. The van der Waals surface area contributed by atoms with E-state index in [9.17, 15) is 4.79 Å². The molecule has 2 heterocycles. The predicted octanol–water partition coefficient (Wildman–Crippen LogP) is 4.43. The molecule has 2 N–H and O–H groups in total. The number of aromatic nitrogens is 3. The molecule has 0 saturated heterocycles. The van der Waals surface area contributed by atoms with E-state index < -0.39 is 0 Å². The summed E-state index contributed by atoms with van der Waals surface area (Å²) >= 11 is 11.9. The van der Waals surface area contributed by atoms with Gasteiger partial charge in [-0.15, -0.1) is 10.2 Å². The molecule has 0 atom stereocenters. The number of hydrogen-bond acceptors (Lipinski definition) is 3.